The van der Waals surface area contributed by atoms with Crippen LogP contribution in [0.25, 0.3) is 11.0 Å². The maximum atomic E-state index is 12.4. The molecule has 0 aliphatic carbocycles. The fourth-order valence-corrected chi connectivity index (χ4v) is 2.61. The van der Waals surface area contributed by atoms with Crippen LogP contribution in [0.1, 0.15) is 16.1 Å². The van der Waals surface area contributed by atoms with E-state index in [1.807, 2.05) is 6.07 Å². The van der Waals surface area contributed by atoms with E-state index < -0.39 is 6.03 Å². The quantitative estimate of drug-likeness (QED) is 0.666. The summed E-state index contributed by atoms with van der Waals surface area (Å²) in [5.41, 5.74) is 7.34. The Bertz CT molecular complexity index is 932. The Balaban J connectivity index is 1.84. The van der Waals surface area contributed by atoms with E-state index in [-0.39, 0.29) is 11.7 Å². The summed E-state index contributed by atoms with van der Waals surface area (Å²) >= 11 is 6.10. The summed E-state index contributed by atoms with van der Waals surface area (Å²) in [7, 11) is 0. The number of aryl methyl sites for hydroxylation is 1. The molecule has 0 saturated carbocycles. The molecule has 0 bridgehead atoms. The molecule has 24 heavy (non-hydrogen) atoms. The van der Waals surface area contributed by atoms with Crippen molar-refractivity contribution in [2.75, 3.05) is 10.6 Å². The van der Waals surface area contributed by atoms with Crippen molar-refractivity contribution < 1.29 is 14.0 Å². The number of hydrogen-bond donors (Lipinski definition) is 3. The number of urea groups is 1. The molecule has 0 fully saturated rings. The molecule has 0 aliphatic rings. The van der Waals surface area contributed by atoms with Gasteiger partial charge < -0.3 is 20.8 Å². The number of primary amides is 1. The zero-order valence-electron chi connectivity index (χ0n) is 12.7. The predicted octanol–water partition coefficient (Wildman–Crippen LogP) is 4.14. The number of anilines is 2. The van der Waals surface area contributed by atoms with E-state index in [0.717, 1.165) is 10.9 Å². The van der Waals surface area contributed by atoms with Crippen molar-refractivity contribution in [1.82, 2.24) is 0 Å². The highest BCUT2D eigenvalue weighted by molar-refractivity contribution is 6.35. The Morgan fingerprint density at radius 1 is 1.04 bits per heavy atom. The molecule has 6 nitrogen and oxygen atoms in total. The van der Waals surface area contributed by atoms with Gasteiger partial charge in [-0.25, -0.2) is 4.79 Å². The van der Waals surface area contributed by atoms with Gasteiger partial charge in [-0.1, -0.05) is 23.7 Å². The predicted molar refractivity (Wildman–Crippen MR) is 93.6 cm³/mol. The van der Waals surface area contributed by atoms with Crippen LogP contribution in [0.5, 0.6) is 0 Å². The van der Waals surface area contributed by atoms with Gasteiger partial charge in [-0.15, -0.1) is 0 Å². The number of hydrogen-bond acceptors (Lipinski definition) is 3. The summed E-state index contributed by atoms with van der Waals surface area (Å²) in [4.78, 5) is 23.2. The monoisotopic (exact) mass is 343 g/mol. The first-order valence-electron chi connectivity index (χ1n) is 7.11. The molecule has 0 aliphatic heterocycles. The molecule has 3 aromatic rings. The third-order valence-corrected chi connectivity index (χ3v) is 3.83. The topological polar surface area (TPSA) is 97.4 Å². The SMILES string of the molecule is Cc1c(C(=O)Nc2ccc(NC(N)=O)cc2)oc2c(Cl)cccc12. The summed E-state index contributed by atoms with van der Waals surface area (Å²) in [6, 6.07) is 11.3. The Hall–Kier alpha value is -2.99. The van der Waals surface area contributed by atoms with Crippen molar-refractivity contribution in [3.05, 3.63) is 58.8 Å². The summed E-state index contributed by atoms with van der Waals surface area (Å²) in [6.45, 7) is 1.80. The standard InChI is InChI=1S/C17H14ClN3O3/c1-9-12-3-2-4-13(18)15(12)24-14(9)16(22)20-10-5-7-11(8-6-10)21-17(19)23/h2-8H,1H3,(H,20,22)(H3,19,21,23). The Kier molecular flexibility index (Phi) is 4.14. The lowest BCUT2D eigenvalue weighted by atomic mass is 10.1. The Labute approximate surface area is 142 Å². The molecule has 2 aromatic carbocycles. The Morgan fingerprint density at radius 3 is 2.25 bits per heavy atom. The number of para-hydroxylation sites is 1. The van der Waals surface area contributed by atoms with E-state index in [0.29, 0.717) is 22.0 Å². The van der Waals surface area contributed by atoms with Gasteiger partial charge in [-0.2, -0.15) is 0 Å². The minimum Gasteiger partial charge on any atom is -0.449 e. The minimum absolute atomic E-state index is 0.206. The molecule has 0 radical (unpaired) electrons. The maximum absolute atomic E-state index is 12.4. The third kappa shape index (κ3) is 3.04. The third-order valence-electron chi connectivity index (χ3n) is 3.53. The van der Waals surface area contributed by atoms with Gasteiger partial charge in [0.15, 0.2) is 11.3 Å². The lowest BCUT2D eigenvalue weighted by Gasteiger charge is -2.06. The second kappa shape index (κ2) is 6.25. The number of nitrogens with one attached hydrogen (secondary N) is 2. The first kappa shape index (κ1) is 15.9. The number of nitrogens with two attached hydrogens (primary N) is 1. The highest BCUT2D eigenvalue weighted by Crippen LogP contribution is 2.31. The molecule has 0 unspecified atom stereocenters. The van der Waals surface area contributed by atoms with Gasteiger partial charge in [-0.05, 0) is 37.3 Å². The minimum atomic E-state index is -0.651. The first-order chi connectivity index (χ1) is 11.5. The van der Waals surface area contributed by atoms with Crippen LogP contribution in [-0.4, -0.2) is 11.9 Å². The van der Waals surface area contributed by atoms with Crippen LogP contribution in [0.4, 0.5) is 16.2 Å². The molecule has 122 valence electrons. The fourth-order valence-electron chi connectivity index (χ4n) is 2.39. The summed E-state index contributed by atoms with van der Waals surface area (Å²) in [5.74, 6) is -0.173. The van der Waals surface area contributed by atoms with Gasteiger partial charge in [-0.3, -0.25) is 4.79 Å². The van der Waals surface area contributed by atoms with Crippen LogP contribution in [0.15, 0.2) is 46.9 Å². The van der Waals surface area contributed by atoms with Crippen molar-refractivity contribution in [3.8, 4) is 0 Å². The summed E-state index contributed by atoms with van der Waals surface area (Å²) in [5, 5.41) is 6.44. The van der Waals surface area contributed by atoms with Crippen molar-refractivity contribution in [2.24, 2.45) is 5.73 Å². The van der Waals surface area contributed by atoms with Gasteiger partial charge in [0.2, 0.25) is 0 Å². The second-order valence-corrected chi connectivity index (χ2v) is 5.60. The van der Waals surface area contributed by atoms with Gasteiger partial charge in [0, 0.05) is 22.3 Å². The molecule has 3 amide bonds. The average Bonchev–Trinajstić information content (AvgIpc) is 2.88. The van der Waals surface area contributed by atoms with E-state index >= 15 is 0 Å². The summed E-state index contributed by atoms with van der Waals surface area (Å²) < 4.78 is 5.62. The van der Waals surface area contributed by atoms with Crippen LogP contribution >= 0.6 is 11.6 Å². The van der Waals surface area contributed by atoms with Gasteiger partial charge in [0.05, 0.1) is 5.02 Å². The zero-order chi connectivity index (χ0) is 17.3. The van der Waals surface area contributed by atoms with E-state index in [4.69, 9.17) is 21.8 Å². The van der Waals surface area contributed by atoms with Gasteiger partial charge >= 0.3 is 6.03 Å². The largest absolute Gasteiger partial charge is 0.449 e. The van der Waals surface area contributed by atoms with Crippen molar-refractivity contribution in [2.45, 2.75) is 6.92 Å². The molecule has 4 N–H and O–H groups in total. The number of benzene rings is 2. The average molecular weight is 344 g/mol. The van der Waals surface area contributed by atoms with E-state index in [2.05, 4.69) is 10.6 Å². The van der Waals surface area contributed by atoms with Crippen molar-refractivity contribution >= 4 is 45.9 Å². The van der Waals surface area contributed by atoms with Crippen LogP contribution in [-0.2, 0) is 0 Å². The Morgan fingerprint density at radius 2 is 1.67 bits per heavy atom. The van der Waals surface area contributed by atoms with E-state index in [9.17, 15) is 9.59 Å². The summed E-state index contributed by atoms with van der Waals surface area (Å²) in [6.07, 6.45) is 0. The zero-order valence-corrected chi connectivity index (χ0v) is 13.5. The molecule has 3 rings (SSSR count). The maximum Gasteiger partial charge on any atom is 0.316 e. The van der Waals surface area contributed by atoms with E-state index in [1.54, 1.807) is 43.3 Å². The molecular weight excluding hydrogens is 330 g/mol. The molecule has 7 heteroatoms. The van der Waals surface area contributed by atoms with Crippen molar-refractivity contribution in [1.29, 1.82) is 0 Å². The highest BCUT2D eigenvalue weighted by atomic mass is 35.5. The van der Waals surface area contributed by atoms with Gasteiger partial charge in [0.1, 0.15) is 0 Å². The molecule has 0 spiro atoms. The number of furan rings is 1. The molecule has 0 saturated heterocycles. The smallest absolute Gasteiger partial charge is 0.316 e. The second-order valence-electron chi connectivity index (χ2n) is 5.19. The van der Waals surface area contributed by atoms with Crippen molar-refractivity contribution in [3.63, 3.8) is 0 Å². The molecule has 0 atom stereocenters. The lowest BCUT2D eigenvalue weighted by Crippen LogP contribution is -2.19. The number of amides is 3. The van der Waals surface area contributed by atoms with Gasteiger partial charge in [0.25, 0.3) is 5.91 Å². The number of carbonyl (C=O) groups excluding carboxylic acids is 2. The fraction of sp³-hybridized carbons (Fsp3) is 0.0588. The van der Waals surface area contributed by atoms with Crippen LogP contribution in [0, 0.1) is 6.92 Å². The van der Waals surface area contributed by atoms with E-state index in [1.165, 1.54) is 0 Å². The van der Waals surface area contributed by atoms with Crippen LogP contribution < -0.4 is 16.4 Å². The molecule has 1 heterocycles. The molecule has 1 aromatic heterocycles. The van der Waals surface area contributed by atoms with Crippen LogP contribution in [0.3, 0.4) is 0 Å². The molecular formula is C17H14ClN3O3. The lowest BCUT2D eigenvalue weighted by molar-refractivity contribution is 0.0998. The number of halogens is 1. The number of fused-ring (bicyclic) bond motifs is 1. The number of rotatable bonds is 3. The highest BCUT2D eigenvalue weighted by Gasteiger charge is 2.19. The van der Waals surface area contributed by atoms with Crippen LogP contribution in [0.2, 0.25) is 5.02 Å². The first-order valence-corrected chi connectivity index (χ1v) is 7.49. The normalized spacial score (nSPS) is 10.6. The number of carbonyl (C=O) groups is 2.